The van der Waals surface area contributed by atoms with E-state index in [0.717, 1.165) is 5.56 Å². The van der Waals surface area contributed by atoms with Gasteiger partial charge in [-0.25, -0.2) is 4.39 Å². The van der Waals surface area contributed by atoms with Crippen LogP contribution in [0.4, 0.5) is 4.39 Å². The fourth-order valence-electron chi connectivity index (χ4n) is 1.83. The number of benzene rings is 1. The van der Waals surface area contributed by atoms with Gasteiger partial charge in [-0.15, -0.1) is 0 Å². The quantitative estimate of drug-likeness (QED) is 0.651. The lowest BCUT2D eigenvalue weighted by Crippen LogP contribution is -2.32. The molecule has 0 spiro atoms. The van der Waals surface area contributed by atoms with Crippen molar-refractivity contribution >= 4 is 0 Å². The lowest BCUT2D eigenvalue weighted by molar-refractivity contribution is -0.0104. The molecule has 0 radical (unpaired) electrons. The molecule has 21 heavy (non-hydrogen) atoms. The molecule has 1 aromatic carbocycles. The second-order valence-corrected chi connectivity index (χ2v) is 5.33. The third-order valence-corrected chi connectivity index (χ3v) is 3.00. The van der Waals surface area contributed by atoms with Crippen molar-refractivity contribution in [2.45, 2.75) is 39.0 Å². The Morgan fingerprint density at radius 2 is 2.00 bits per heavy atom. The minimum absolute atomic E-state index is 0.0281. The van der Waals surface area contributed by atoms with Gasteiger partial charge in [-0.2, -0.15) is 0 Å². The molecule has 0 aliphatic rings. The zero-order valence-electron chi connectivity index (χ0n) is 13.0. The highest BCUT2D eigenvalue weighted by molar-refractivity contribution is 5.19. The molecule has 0 aliphatic heterocycles. The molecule has 0 aromatic heterocycles. The fraction of sp³-hybridized carbons (Fsp3) is 0.625. The summed E-state index contributed by atoms with van der Waals surface area (Å²) in [5.41, 5.74) is 0.855. The number of hydrogen-bond acceptors (Lipinski definition) is 4. The van der Waals surface area contributed by atoms with E-state index < -0.39 is 6.10 Å². The van der Waals surface area contributed by atoms with Crippen LogP contribution in [-0.2, 0) is 9.47 Å². The van der Waals surface area contributed by atoms with Crippen LogP contribution >= 0.6 is 0 Å². The average molecular weight is 299 g/mol. The van der Waals surface area contributed by atoms with E-state index in [9.17, 15) is 9.50 Å². The highest BCUT2D eigenvalue weighted by Gasteiger charge is 2.09. The second kappa shape index (κ2) is 9.84. The molecule has 4 nitrogen and oxygen atoms in total. The lowest BCUT2D eigenvalue weighted by atomic mass is 10.1. The Morgan fingerprint density at radius 3 is 2.67 bits per heavy atom. The molecule has 0 bridgehead atoms. The first kappa shape index (κ1) is 18.0. The van der Waals surface area contributed by atoms with E-state index in [-0.39, 0.29) is 24.6 Å². The van der Waals surface area contributed by atoms with Gasteiger partial charge >= 0.3 is 0 Å². The predicted octanol–water partition coefficient (Wildman–Crippen LogP) is 2.28. The van der Waals surface area contributed by atoms with Crippen LogP contribution in [0.2, 0.25) is 0 Å². The number of aliphatic hydroxyl groups is 1. The molecule has 1 unspecified atom stereocenters. The van der Waals surface area contributed by atoms with E-state index in [1.807, 2.05) is 26.8 Å². The molecular weight excluding hydrogens is 273 g/mol. The van der Waals surface area contributed by atoms with E-state index in [0.29, 0.717) is 19.8 Å². The largest absolute Gasteiger partial charge is 0.389 e. The van der Waals surface area contributed by atoms with Gasteiger partial charge in [-0.05, 0) is 38.5 Å². The van der Waals surface area contributed by atoms with Crippen LogP contribution < -0.4 is 5.32 Å². The molecule has 2 N–H and O–H groups in total. The molecule has 0 amide bonds. The molecule has 0 aliphatic carbocycles. The molecule has 0 fully saturated rings. The standard InChI is InChI=1S/C16H26FNO3/c1-12(2)21-8-7-20-11-16(19)10-18-13(3)14-5-4-6-15(17)9-14/h4-6,9,12-13,16,18-19H,7-8,10-11H2,1-3H3/t13-,16?/m1/s1. The number of hydrogen-bond donors (Lipinski definition) is 2. The maximum atomic E-state index is 13.1. The third kappa shape index (κ3) is 8.12. The smallest absolute Gasteiger partial charge is 0.123 e. The normalized spacial score (nSPS) is 14.4. The first-order valence-electron chi connectivity index (χ1n) is 7.35. The zero-order valence-corrected chi connectivity index (χ0v) is 13.0. The zero-order chi connectivity index (χ0) is 15.7. The summed E-state index contributed by atoms with van der Waals surface area (Å²) in [5, 5.41) is 13.0. The average Bonchev–Trinajstić information content (AvgIpc) is 2.44. The van der Waals surface area contributed by atoms with Crippen molar-refractivity contribution < 1.29 is 19.0 Å². The van der Waals surface area contributed by atoms with Gasteiger partial charge in [0.15, 0.2) is 0 Å². The van der Waals surface area contributed by atoms with Gasteiger partial charge in [0.25, 0.3) is 0 Å². The van der Waals surface area contributed by atoms with E-state index in [1.54, 1.807) is 6.07 Å². The van der Waals surface area contributed by atoms with Crippen molar-refractivity contribution in [2.75, 3.05) is 26.4 Å². The molecule has 0 heterocycles. The first-order valence-corrected chi connectivity index (χ1v) is 7.35. The minimum Gasteiger partial charge on any atom is -0.389 e. The van der Waals surface area contributed by atoms with Gasteiger partial charge in [0.05, 0.1) is 32.0 Å². The van der Waals surface area contributed by atoms with Crippen molar-refractivity contribution in [1.29, 1.82) is 0 Å². The monoisotopic (exact) mass is 299 g/mol. The van der Waals surface area contributed by atoms with Gasteiger partial charge in [0, 0.05) is 12.6 Å². The van der Waals surface area contributed by atoms with Crippen molar-refractivity contribution in [2.24, 2.45) is 0 Å². The summed E-state index contributed by atoms with van der Waals surface area (Å²) in [4.78, 5) is 0. The molecule has 5 heteroatoms. The second-order valence-electron chi connectivity index (χ2n) is 5.33. The Morgan fingerprint density at radius 1 is 1.24 bits per heavy atom. The Balaban J connectivity index is 2.16. The van der Waals surface area contributed by atoms with Gasteiger partial charge in [-0.3, -0.25) is 0 Å². The SMILES string of the molecule is CC(C)OCCOCC(O)CN[C@H](C)c1cccc(F)c1. The Hall–Kier alpha value is -1.01. The summed E-state index contributed by atoms with van der Waals surface area (Å²) in [7, 11) is 0. The van der Waals surface area contributed by atoms with E-state index in [1.165, 1.54) is 12.1 Å². The van der Waals surface area contributed by atoms with Crippen molar-refractivity contribution in [3.05, 3.63) is 35.6 Å². The van der Waals surface area contributed by atoms with Crippen LogP contribution in [0.15, 0.2) is 24.3 Å². The van der Waals surface area contributed by atoms with Crippen molar-refractivity contribution in [1.82, 2.24) is 5.32 Å². The predicted molar refractivity (Wildman–Crippen MR) is 80.7 cm³/mol. The molecule has 1 rings (SSSR count). The number of halogens is 1. The summed E-state index contributed by atoms with van der Waals surface area (Å²) >= 11 is 0. The van der Waals surface area contributed by atoms with Crippen LogP contribution in [0.5, 0.6) is 0 Å². The van der Waals surface area contributed by atoms with Crippen LogP contribution in [0.1, 0.15) is 32.4 Å². The highest BCUT2D eigenvalue weighted by Crippen LogP contribution is 2.13. The summed E-state index contributed by atoms with van der Waals surface area (Å²) in [6.45, 7) is 7.50. The van der Waals surface area contributed by atoms with Gasteiger partial charge in [0.1, 0.15) is 5.82 Å². The van der Waals surface area contributed by atoms with E-state index in [2.05, 4.69) is 5.32 Å². The minimum atomic E-state index is -0.597. The first-order chi connectivity index (χ1) is 9.99. The molecule has 2 atom stereocenters. The Bertz CT molecular complexity index is 401. The van der Waals surface area contributed by atoms with Gasteiger partial charge in [0.2, 0.25) is 0 Å². The van der Waals surface area contributed by atoms with E-state index >= 15 is 0 Å². The highest BCUT2D eigenvalue weighted by atomic mass is 19.1. The van der Waals surface area contributed by atoms with Crippen LogP contribution in [-0.4, -0.2) is 43.7 Å². The van der Waals surface area contributed by atoms with Crippen molar-refractivity contribution in [3.8, 4) is 0 Å². The van der Waals surface area contributed by atoms with Crippen molar-refractivity contribution in [3.63, 3.8) is 0 Å². The van der Waals surface area contributed by atoms with Crippen LogP contribution in [0, 0.1) is 5.82 Å². The lowest BCUT2D eigenvalue weighted by Gasteiger charge is -2.18. The summed E-state index contributed by atoms with van der Waals surface area (Å²) in [6, 6.07) is 6.41. The molecule has 120 valence electrons. The third-order valence-electron chi connectivity index (χ3n) is 3.00. The fourth-order valence-corrected chi connectivity index (χ4v) is 1.83. The molecular formula is C16H26FNO3. The van der Waals surface area contributed by atoms with E-state index in [4.69, 9.17) is 9.47 Å². The summed E-state index contributed by atoms with van der Waals surface area (Å²) in [6.07, 6.45) is -0.410. The Labute approximate surface area is 126 Å². The number of ether oxygens (including phenoxy) is 2. The van der Waals surface area contributed by atoms with Crippen LogP contribution in [0.25, 0.3) is 0 Å². The summed E-state index contributed by atoms with van der Waals surface area (Å²) < 4.78 is 23.8. The molecule has 1 aromatic rings. The maximum absolute atomic E-state index is 13.1. The number of aliphatic hydroxyl groups excluding tert-OH is 1. The number of nitrogens with one attached hydrogen (secondary N) is 1. The molecule has 0 saturated carbocycles. The summed E-state index contributed by atoms with van der Waals surface area (Å²) in [5.74, 6) is -0.254. The van der Waals surface area contributed by atoms with Gasteiger partial charge in [-0.1, -0.05) is 12.1 Å². The topological polar surface area (TPSA) is 50.7 Å². The van der Waals surface area contributed by atoms with Crippen LogP contribution in [0.3, 0.4) is 0 Å². The maximum Gasteiger partial charge on any atom is 0.123 e. The molecule has 0 saturated heterocycles. The Kier molecular flexibility index (Phi) is 8.45. The van der Waals surface area contributed by atoms with Gasteiger partial charge < -0.3 is 19.9 Å². The number of rotatable bonds is 10.